The van der Waals surface area contributed by atoms with E-state index in [1.807, 2.05) is 0 Å². The molecule has 4 atom stereocenters. The molecular formula is C16H24O3S. The minimum Gasteiger partial charge on any atom is -0.481 e. The van der Waals surface area contributed by atoms with Crippen LogP contribution in [0, 0.1) is 11.8 Å². The summed E-state index contributed by atoms with van der Waals surface area (Å²) >= 11 is 2.14. The third kappa shape index (κ3) is 4.11. The van der Waals surface area contributed by atoms with Crippen LogP contribution in [0.4, 0.5) is 0 Å². The maximum atomic E-state index is 10.6. The smallest absolute Gasteiger partial charge is 0.303 e. The Bertz CT molecular complexity index is 367. The number of aliphatic carboxylic acids is 1. The molecule has 1 N–H and O–H groups in total. The summed E-state index contributed by atoms with van der Waals surface area (Å²) in [6.45, 7) is 0. The Morgan fingerprint density at radius 1 is 1.15 bits per heavy atom. The van der Waals surface area contributed by atoms with Crippen molar-refractivity contribution in [3.63, 3.8) is 0 Å². The van der Waals surface area contributed by atoms with E-state index in [-0.39, 0.29) is 6.42 Å². The molecule has 2 aliphatic heterocycles. The summed E-state index contributed by atoms with van der Waals surface area (Å²) < 4.78 is 0. The standard InChI is InChI=1S/C16H24O3S/c17-11-5-7-13-12(14-9-10-15(13)20-14)6-3-1-2-4-8-16(18)19/h1,3,11-15H,2,4-10H2,(H,18,19)/b3-1-/t12-,13+,14-,15+/m0/s1. The number of carbonyl (C=O) groups excluding carboxylic acids is 1. The second-order valence-electron chi connectivity index (χ2n) is 5.86. The Balaban J connectivity index is 1.74. The van der Waals surface area contributed by atoms with Crippen molar-refractivity contribution in [2.45, 2.75) is 61.9 Å². The van der Waals surface area contributed by atoms with Crippen molar-refractivity contribution in [2.24, 2.45) is 11.8 Å². The number of aldehydes is 1. The molecule has 0 aromatic rings. The summed E-state index contributed by atoms with van der Waals surface area (Å²) in [5.41, 5.74) is 0. The maximum absolute atomic E-state index is 10.6. The number of hydrogen-bond donors (Lipinski definition) is 1. The third-order valence-electron chi connectivity index (χ3n) is 4.54. The van der Waals surface area contributed by atoms with E-state index in [2.05, 4.69) is 23.9 Å². The largest absolute Gasteiger partial charge is 0.481 e. The number of hydrogen-bond acceptors (Lipinski definition) is 3. The van der Waals surface area contributed by atoms with Gasteiger partial charge in [0, 0.05) is 23.3 Å². The average molecular weight is 296 g/mol. The quantitative estimate of drug-likeness (QED) is 0.400. The second-order valence-corrected chi connectivity index (χ2v) is 7.34. The number of thioether (sulfide) groups is 1. The Kier molecular flexibility index (Phi) is 6.14. The predicted octanol–water partition coefficient (Wildman–Crippen LogP) is 3.68. The van der Waals surface area contributed by atoms with Gasteiger partial charge in [-0.15, -0.1) is 0 Å². The molecule has 0 aromatic carbocycles. The van der Waals surface area contributed by atoms with Crippen molar-refractivity contribution in [3.05, 3.63) is 12.2 Å². The maximum Gasteiger partial charge on any atom is 0.303 e. The molecule has 2 saturated heterocycles. The highest BCUT2D eigenvalue weighted by Gasteiger charge is 2.46. The van der Waals surface area contributed by atoms with Crippen LogP contribution in [0.15, 0.2) is 12.2 Å². The van der Waals surface area contributed by atoms with Gasteiger partial charge in [-0.2, -0.15) is 11.8 Å². The van der Waals surface area contributed by atoms with Crippen LogP contribution in [-0.2, 0) is 9.59 Å². The molecule has 0 spiro atoms. The van der Waals surface area contributed by atoms with Crippen LogP contribution in [0.5, 0.6) is 0 Å². The van der Waals surface area contributed by atoms with Crippen molar-refractivity contribution in [3.8, 4) is 0 Å². The summed E-state index contributed by atoms with van der Waals surface area (Å²) in [5.74, 6) is 0.735. The number of fused-ring (bicyclic) bond motifs is 2. The van der Waals surface area contributed by atoms with Gasteiger partial charge in [0.15, 0.2) is 0 Å². The molecule has 2 fully saturated rings. The summed E-state index contributed by atoms with van der Waals surface area (Å²) in [6, 6.07) is 0. The molecule has 0 unspecified atom stereocenters. The topological polar surface area (TPSA) is 54.4 Å². The van der Waals surface area contributed by atoms with Gasteiger partial charge < -0.3 is 9.90 Å². The summed E-state index contributed by atoms with van der Waals surface area (Å²) in [7, 11) is 0. The van der Waals surface area contributed by atoms with E-state index in [1.165, 1.54) is 12.8 Å². The fourth-order valence-electron chi connectivity index (χ4n) is 3.60. The molecule has 2 aliphatic rings. The highest BCUT2D eigenvalue weighted by atomic mass is 32.2. The van der Waals surface area contributed by atoms with Crippen LogP contribution in [-0.4, -0.2) is 27.9 Å². The van der Waals surface area contributed by atoms with E-state index >= 15 is 0 Å². The molecule has 20 heavy (non-hydrogen) atoms. The first kappa shape index (κ1) is 15.6. The van der Waals surface area contributed by atoms with Crippen LogP contribution in [0.2, 0.25) is 0 Å². The fourth-order valence-corrected chi connectivity index (χ4v) is 5.65. The van der Waals surface area contributed by atoms with Crippen LogP contribution < -0.4 is 0 Å². The van der Waals surface area contributed by atoms with E-state index in [9.17, 15) is 9.59 Å². The van der Waals surface area contributed by atoms with Crippen LogP contribution >= 0.6 is 11.8 Å². The fraction of sp³-hybridized carbons (Fsp3) is 0.750. The molecule has 2 heterocycles. The Morgan fingerprint density at radius 3 is 2.60 bits per heavy atom. The molecule has 2 bridgehead atoms. The van der Waals surface area contributed by atoms with E-state index in [0.29, 0.717) is 12.3 Å². The van der Waals surface area contributed by atoms with Gasteiger partial charge >= 0.3 is 5.97 Å². The first-order chi connectivity index (χ1) is 9.72. The number of allylic oxidation sites excluding steroid dienone is 2. The van der Waals surface area contributed by atoms with Gasteiger partial charge in [-0.25, -0.2) is 0 Å². The van der Waals surface area contributed by atoms with Crippen LogP contribution in [0.1, 0.15) is 51.4 Å². The molecular weight excluding hydrogens is 272 g/mol. The van der Waals surface area contributed by atoms with Crippen LogP contribution in [0.3, 0.4) is 0 Å². The molecule has 0 amide bonds. The number of unbranched alkanes of at least 4 members (excludes halogenated alkanes) is 1. The lowest BCUT2D eigenvalue weighted by molar-refractivity contribution is -0.137. The highest BCUT2D eigenvalue weighted by Crippen LogP contribution is 2.55. The lowest BCUT2D eigenvalue weighted by atomic mass is 9.75. The third-order valence-corrected chi connectivity index (χ3v) is 6.41. The molecule has 112 valence electrons. The number of carbonyl (C=O) groups is 2. The monoisotopic (exact) mass is 296 g/mol. The van der Waals surface area contributed by atoms with Crippen molar-refractivity contribution in [1.82, 2.24) is 0 Å². The molecule has 0 radical (unpaired) electrons. The zero-order valence-electron chi connectivity index (χ0n) is 11.9. The van der Waals surface area contributed by atoms with E-state index in [1.54, 1.807) is 0 Å². The van der Waals surface area contributed by atoms with E-state index in [4.69, 9.17) is 5.11 Å². The minimum atomic E-state index is -0.711. The minimum absolute atomic E-state index is 0.260. The zero-order chi connectivity index (χ0) is 14.4. The molecule has 3 nitrogen and oxygen atoms in total. The molecule has 4 heteroatoms. The lowest BCUT2D eigenvalue weighted by Crippen LogP contribution is -2.26. The molecule has 0 aromatic heterocycles. The molecule has 0 saturated carbocycles. The summed E-state index contributed by atoms with van der Waals surface area (Å²) in [5, 5.41) is 10.2. The Morgan fingerprint density at radius 2 is 1.90 bits per heavy atom. The Labute approximate surface area is 125 Å². The second kappa shape index (κ2) is 7.87. The number of carboxylic acid groups (broad SMARTS) is 1. The predicted molar refractivity (Wildman–Crippen MR) is 81.9 cm³/mol. The van der Waals surface area contributed by atoms with Crippen LogP contribution in [0.25, 0.3) is 0 Å². The van der Waals surface area contributed by atoms with E-state index < -0.39 is 5.97 Å². The van der Waals surface area contributed by atoms with Gasteiger partial charge in [0.2, 0.25) is 0 Å². The first-order valence-corrected chi connectivity index (χ1v) is 8.62. The van der Waals surface area contributed by atoms with Gasteiger partial charge in [-0.1, -0.05) is 12.2 Å². The van der Waals surface area contributed by atoms with Gasteiger partial charge in [-0.05, 0) is 50.4 Å². The van der Waals surface area contributed by atoms with Gasteiger partial charge in [0.05, 0.1) is 0 Å². The van der Waals surface area contributed by atoms with Crippen molar-refractivity contribution in [1.29, 1.82) is 0 Å². The highest BCUT2D eigenvalue weighted by molar-refractivity contribution is 8.01. The summed E-state index contributed by atoms with van der Waals surface area (Å²) in [4.78, 5) is 21.0. The number of carboxylic acids is 1. The average Bonchev–Trinajstić information content (AvgIpc) is 3.01. The lowest BCUT2D eigenvalue weighted by Gasteiger charge is -2.28. The molecule has 2 rings (SSSR count). The van der Waals surface area contributed by atoms with Crippen molar-refractivity contribution >= 4 is 24.0 Å². The first-order valence-electron chi connectivity index (χ1n) is 7.68. The zero-order valence-corrected chi connectivity index (χ0v) is 12.7. The van der Waals surface area contributed by atoms with Gasteiger partial charge in [0.1, 0.15) is 6.29 Å². The van der Waals surface area contributed by atoms with Crippen molar-refractivity contribution < 1.29 is 14.7 Å². The number of rotatable bonds is 9. The van der Waals surface area contributed by atoms with Crippen molar-refractivity contribution in [2.75, 3.05) is 0 Å². The molecule has 0 aliphatic carbocycles. The normalized spacial score (nSPS) is 32.0. The summed E-state index contributed by atoms with van der Waals surface area (Å²) in [6.07, 6.45) is 12.8. The SMILES string of the molecule is O=CCC[C@@H]1[C@H](C/C=C\CCCC(=O)O)[C@@H]2CC[C@H]1S2. The van der Waals surface area contributed by atoms with Gasteiger partial charge in [0.25, 0.3) is 0 Å². The van der Waals surface area contributed by atoms with Gasteiger partial charge in [-0.3, -0.25) is 4.79 Å². The Hall–Kier alpha value is -0.770. The van der Waals surface area contributed by atoms with E-state index in [0.717, 1.165) is 48.4 Å².